The average Bonchev–Trinajstić information content (AvgIpc) is 2.41. The molecule has 0 saturated carbocycles. The summed E-state index contributed by atoms with van der Waals surface area (Å²) in [5.41, 5.74) is 1.02. The number of anilines is 1. The number of hydrogen-bond acceptors (Lipinski definition) is 5. The summed E-state index contributed by atoms with van der Waals surface area (Å²) in [7, 11) is 0. The lowest BCUT2D eigenvalue weighted by atomic mass is 10.1. The molecule has 5 nitrogen and oxygen atoms in total. The van der Waals surface area contributed by atoms with Crippen molar-refractivity contribution >= 4 is 5.82 Å². The number of nitrogens with one attached hydrogen (secondary N) is 1. The molecule has 2 rings (SSSR count). The molecule has 1 aromatic heterocycles. The van der Waals surface area contributed by atoms with Crippen LogP contribution in [-0.4, -0.2) is 47.2 Å². The summed E-state index contributed by atoms with van der Waals surface area (Å²) < 4.78 is 5.68. The Morgan fingerprint density at radius 1 is 1.30 bits per heavy atom. The smallest absolute Gasteiger partial charge is 0.144 e. The summed E-state index contributed by atoms with van der Waals surface area (Å²) in [6.07, 6.45) is 2.66. The highest BCUT2D eigenvalue weighted by Crippen LogP contribution is 2.16. The molecular weight excluding hydrogens is 252 g/mol. The molecule has 1 aliphatic rings. The van der Waals surface area contributed by atoms with Crippen molar-refractivity contribution in [2.75, 3.05) is 31.6 Å². The van der Waals surface area contributed by atoms with E-state index >= 15 is 0 Å². The van der Waals surface area contributed by atoms with Crippen LogP contribution >= 0.6 is 0 Å². The Hall–Kier alpha value is -1.20. The van der Waals surface area contributed by atoms with Crippen LogP contribution in [-0.2, 0) is 11.3 Å². The normalized spacial score (nSPS) is 17.4. The van der Waals surface area contributed by atoms with Crippen molar-refractivity contribution in [3.63, 3.8) is 0 Å². The topological polar surface area (TPSA) is 50.3 Å². The Morgan fingerprint density at radius 3 is 2.70 bits per heavy atom. The van der Waals surface area contributed by atoms with Gasteiger partial charge in [-0.3, -0.25) is 4.90 Å². The number of hydrogen-bond donors (Lipinski definition) is 1. The number of piperidine rings is 1. The van der Waals surface area contributed by atoms with Crippen LogP contribution in [0, 0.1) is 6.92 Å². The largest absolute Gasteiger partial charge is 0.378 e. The van der Waals surface area contributed by atoms with Gasteiger partial charge in [-0.05, 0) is 33.6 Å². The van der Waals surface area contributed by atoms with E-state index in [1.165, 1.54) is 0 Å². The lowest BCUT2D eigenvalue weighted by Gasteiger charge is -2.31. The van der Waals surface area contributed by atoms with Crippen LogP contribution in [0.3, 0.4) is 0 Å². The zero-order valence-corrected chi connectivity index (χ0v) is 12.9. The minimum atomic E-state index is 0.437. The molecule has 0 amide bonds. The number of nitrogens with zero attached hydrogens (tertiary/aromatic N) is 3. The van der Waals surface area contributed by atoms with Gasteiger partial charge in [0, 0.05) is 38.0 Å². The Bertz CT molecular complexity index is 416. The predicted molar refractivity (Wildman–Crippen MR) is 80.9 cm³/mol. The van der Waals surface area contributed by atoms with E-state index in [9.17, 15) is 0 Å². The monoisotopic (exact) mass is 278 g/mol. The molecule has 0 atom stereocenters. The van der Waals surface area contributed by atoms with E-state index in [1.54, 1.807) is 0 Å². The van der Waals surface area contributed by atoms with Crippen LogP contribution in [0.15, 0.2) is 6.07 Å². The van der Waals surface area contributed by atoms with E-state index in [1.807, 2.05) is 13.0 Å². The van der Waals surface area contributed by atoms with Gasteiger partial charge in [-0.1, -0.05) is 0 Å². The van der Waals surface area contributed by atoms with E-state index in [4.69, 9.17) is 4.74 Å². The van der Waals surface area contributed by atoms with Gasteiger partial charge in [-0.25, -0.2) is 9.97 Å². The van der Waals surface area contributed by atoms with Crippen LogP contribution in [0.4, 0.5) is 5.82 Å². The van der Waals surface area contributed by atoms with E-state index in [0.717, 1.165) is 63.0 Å². The van der Waals surface area contributed by atoms with Gasteiger partial charge in [0.05, 0.1) is 12.6 Å². The maximum absolute atomic E-state index is 5.68. The molecule has 0 aromatic carbocycles. The third kappa shape index (κ3) is 4.42. The van der Waals surface area contributed by atoms with Gasteiger partial charge in [0.2, 0.25) is 0 Å². The Kier molecular flexibility index (Phi) is 5.73. The number of ether oxygens (including phenoxy) is 1. The molecule has 1 saturated heterocycles. The van der Waals surface area contributed by atoms with Crippen LogP contribution < -0.4 is 5.32 Å². The highest BCUT2D eigenvalue weighted by atomic mass is 16.5. The highest BCUT2D eigenvalue weighted by Gasteiger charge is 2.20. The highest BCUT2D eigenvalue weighted by molar-refractivity contribution is 5.35. The van der Waals surface area contributed by atoms with Gasteiger partial charge in [-0.15, -0.1) is 0 Å². The van der Waals surface area contributed by atoms with Crippen LogP contribution in [0.5, 0.6) is 0 Å². The average molecular weight is 278 g/mol. The zero-order chi connectivity index (χ0) is 14.4. The first kappa shape index (κ1) is 15.2. The maximum Gasteiger partial charge on any atom is 0.144 e. The zero-order valence-electron chi connectivity index (χ0n) is 12.9. The number of likely N-dealkylation sites (tertiary alicyclic amines) is 1. The molecule has 5 heteroatoms. The second-order valence-corrected chi connectivity index (χ2v) is 5.27. The lowest BCUT2D eigenvalue weighted by molar-refractivity contribution is 0.0120. The van der Waals surface area contributed by atoms with Crippen LogP contribution in [0.2, 0.25) is 0 Å². The van der Waals surface area contributed by atoms with Crippen molar-refractivity contribution in [2.24, 2.45) is 0 Å². The molecule has 112 valence electrons. The van der Waals surface area contributed by atoms with Gasteiger partial charge < -0.3 is 10.1 Å². The molecule has 0 spiro atoms. The second-order valence-electron chi connectivity index (χ2n) is 5.27. The third-order valence-electron chi connectivity index (χ3n) is 3.56. The summed E-state index contributed by atoms with van der Waals surface area (Å²) in [6.45, 7) is 10.8. The summed E-state index contributed by atoms with van der Waals surface area (Å²) in [5.74, 6) is 1.84. The summed E-state index contributed by atoms with van der Waals surface area (Å²) in [5, 5.41) is 3.26. The first-order chi connectivity index (χ1) is 9.71. The van der Waals surface area contributed by atoms with E-state index in [0.29, 0.717) is 6.10 Å². The van der Waals surface area contributed by atoms with Gasteiger partial charge in [0.1, 0.15) is 11.6 Å². The third-order valence-corrected chi connectivity index (χ3v) is 3.56. The summed E-state index contributed by atoms with van der Waals surface area (Å²) in [4.78, 5) is 11.5. The first-order valence-electron chi connectivity index (χ1n) is 7.63. The van der Waals surface area contributed by atoms with Gasteiger partial charge >= 0.3 is 0 Å². The molecule has 2 heterocycles. The molecule has 1 aromatic rings. The molecular formula is C15H26N4O. The molecule has 1 aliphatic heterocycles. The van der Waals surface area contributed by atoms with Crippen molar-refractivity contribution in [2.45, 2.75) is 46.3 Å². The lowest BCUT2D eigenvalue weighted by Crippen LogP contribution is -2.37. The summed E-state index contributed by atoms with van der Waals surface area (Å²) in [6, 6.07) is 1.99. The molecule has 1 fully saturated rings. The number of rotatable bonds is 6. The molecule has 0 unspecified atom stereocenters. The van der Waals surface area contributed by atoms with Crippen molar-refractivity contribution in [1.82, 2.24) is 14.9 Å². The SMILES string of the molecule is CCNc1cc(C)nc(CN2CCC(OCC)CC2)n1. The van der Waals surface area contributed by atoms with Crippen molar-refractivity contribution < 1.29 is 4.74 Å². The van der Waals surface area contributed by atoms with Crippen molar-refractivity contribution in [3.05, 3.63) is 17.6 Å². The second kappa shape index (κ2) is 7.55. The molecule has 1 N–H and O–H groups in total. The van der Waals surface area contributed by atoms with Crippen molar-refractivity contribution in [1.29, 1.82) is 0 Å². The first-order valence-corrected chi connectivity index (χ1v) is 7.63. The van der Waals surface area contributed by atoms with Gasteiger partial charge in [-0.2, -0.15) is 0 Å². The fourth-order valence-electron chi connectivity index (χ4n) is 2.64. The summed E-state index contributed by atoms with van der Waals surface area (Å²) >= 11 is 0. The van der Waals surface area contributed by atoms with Gasteiger partial charge in [0.25, 0.3) is 0 Å². The minimum absolute atomic E-state index is 0.437. The van der Waals surface area contributed by atoms with Crippen LogP contribution in [0.1, 0.15) is 38.2 Å². The molecule has 0 aliphatic carbocycles. The molecule has 20 heavy (non-hydrogen) atoms. The molecule has 0 radical (unpaired) electrons. The Morgan fingerprint density at radius 2 is 2.05 bits per heavy atom. The Labute approximate surface area is 121 Å². The predicted octanol–water partition coefficient (Wildman–Crippen LogP) is 2.22. The minimum Gasteiger partial charge on any atom is -0.378 e. The molecule has 0 bridgehead atoms. The van der Waals surface area contributed by atoms with Crippen molar-refractivity contribution in [3.8, 4) is 0 Å². The number of aryl methyl sites for hydroxylation is 1. The fraction of sp³-hybridized carbons (Fsp3) is 0.733. The van der Waals surface area contributed by atoms with E-state index in [-0.39, 0.29) is 0 Å². The van der Waals surface area contributed by atoms with E-state index in [2.05, 4.69) is 34.0 Å². The quantitative estimate of drug-likeness (QED) is 0.864. The fourth-order valence-corrected chi connectivity index (χ4v) is 2.64. The van der Waals surface area contributed by atoms with E-state index < -0.39 is 0 Å². The number of aromatic nitrogens is 2. The standard InChI is InChI=1S/C15H26N4O/c1-4-16-14-10-12(3)17-15(18-14)11-19-8-6-13(7-9-19)20-5-2/h10,13H,4-9,11H2,1-3H3,(H,16,17,18). The maximum atomic E-state index is 5.68. The van der Waals surface area contributed by atoms with Crippen LogP contribution in [0.25, 0.3) is 0 Å². The van der Waals surface area contributed by atoms with Gasteiger partial charge in [0.15, 0.2) is 0 Å². The Balaban J connectivity index is 1.90.